The fourth-order valence-corrected chi connectivity index (χ4v) is 5.43. The number of rotatable bonds is 7. The summed E-state index contributed by atoms with van der Waals surface area (Å²) in [4.78, 5) is 12.1. The molecule has 1 saturated heterocycles. The van der Waals surface area contributed by atoms with Crippen LogP contribution in [0.5, 0.6) is 5.75 Å². The summed E-state index contributed by atoms with van der Waals surface area (Å²) < 4.78 is 30.1. The van der Waals surface area contributed by atoms with E-state index in [4.69, 9.17) is 4.74 Å². The zero-order chi connectivity index (χ0) is 19.4. The van der Waals surface area contributed by atoms with Crippen LogP contribution in [0.4, 0.5) is 0 Å². The molecule has 1 fully saturated rings. The molecule has 146 valence electrons. The summed E-state index contributed by atoms with van der Waals surface area (Å²) >= 11 is 1.29. The van der Waals surface area contributed by atoms with Crippen molar-refractivity contribution in [3.05, 3.63) is 24.3 Å². The molecule has 0 unspecified atom stereocenters. The molecule has 0 saturated carbocycles. The third kappa shape index (κ3) is 4.81. The number of methoxy groups -OCH3 is 1. The monoisotopic (exact) mass is 410 g/mol. The van der Waals surface area contributed by atoms with Gasteiger partial charge in [-0.1, -0.05) is 11.8 Å². The molecule has 1 atom stereocenters. The average Bonchev–Trinajstić information content (AvgIpc) is 3.22. The van der Waals surface area contributed by atoms with Gasteiger partial charge < -0.3 is 14.6 Å². The van der Waals surface area contributed by atoms with Crippen molar-refractivity contribution in [3.63, 3.8) is 0 Å². The van der Waals surface area contributed by atoms with Gasteiger partial charge in [0.15, 0.2) is 20.8 Å². The van der Waals surface area contributed by atoms with Crippen LogP contribution in [-0.2, 0) is 21.2 Å². The van der Waals surface area contributed by atoms with E-state index in [1.165, 1.54) is 11.8 Å². The summed E-state index contributed by atoms with van der Waals surface area (Å²) in [5, 5.41) is 11.9. The van der Waals surface area contributed by atoms with Gasteiger partial charge in [-0.25, -0.2) is 8.42 Å². The molecule has 2 heterocycles. The van der Waals surface area contributed by atoms with E-state index in [0.29, 0.717) is 18.1 Å². The van der Waals surface area contributed by atoms with Gasteiger partial charge in [-0.05, 0) is 37.6 Å². The van der Waals surface area contributed by atoms with Crippen molar-refractivity contribution < 1.29 is 17.9 Å². The Labute approximate surface area is 162 Å². The summed E-state index contributed by atoms with van der Waals surface area (Å²) in [6, 6.07) is 7.26. The van der Waals surface area contributed by atoms with E-state index < -0.39 is 9.84 Å². The Morgan fingerprint density at radius 3 is 2.67 bits per heavy atom. The first-order valence-electron chi connectivity index (χ1n) is 8.62. The molecule has 1 N–H and O–H groups in total. The standard InChI is InChI=1S/C17H22N4O4S2/c1-3-21-16(12-4-6-14(25-2)7-5-12)19-20-17(21)26-10-15(22)18-13-8-9-27(23,24)11-13/h4-7,13H,3,8-11H2,1-2H3,(H,18,22)/t13-/m0/s1. The molecule has 0 bridgehead atoms. The Balaban J connectivity index is 1.63. The lowest BCUT2D eigenvalue weighted by molar-refractivity contribution is -0.119. The minimum absolute atomic E-state index is 0.0240. The molecule has 0 spiro atoms. The number of ether oxygens (including phenoxy) is 1. The second-order valence-corrected chi connectivity index (χ2v) is 9.41. The van der Waals surface area contributed by atoms with Crippen molar-refractivity contribution in [1.29, 1.82) is 0 Å². The molecule has 27 heavy (non-hydrogen) atoms. The molecule has 1 aromatic carbocycles. The third-order valence-corrected chi connectivity index (χ3v) is 7.05. The van der Waals surface area contributed by atoms with Crippen LogP contribution >= 0.6 is 11.8 Å². The Morgan fingerprint density at radius 2 is 2.07 bits per heavy atom. The van der Waals surface area contributed by atoms with E-state index >= 15 is 0 Å². The van der Waals surface area contributed by atoms with Crippen LogP contribution < -0.4 is 10.1 Å². The molecule has 1 aliphatic rings. The zero-order valence-electron chi connectivity index (χ0n) is 15.2. The van der Waals surface area contributed by atoms with E-state index in [-0.39, 0.29) is 29.2 Å². The first-order chi connectivity index (χ1) is 12.9. The van der Waals surface area contributed by atoms with Gasteiger partial charge in [-0.15, -0.1) is 10.2 Å². The number of benzene rings is 1. The number of nitrogens with zero attached hydrogens (tertiary/aromatic N) is 3. The van der Waals surface area contributed by atoms with E-state index in [9.17, 15) is 13.2 Å². The summed E-state index contributed by atoms with van der Waals surface area (Å²) in [6.45, 7) is 2.66. The normalized spacial score (nSPS) is 18.4. The maximum Gasteiger partial charge on any atom is 0.230 e. The topological polar surface area (TPSA) is 103 Å². The summed E-state index contributed by atoms with van der Waals surface area (Å²) in [5.41, 5.74) is 0.914. The molecule has 0 aliphatic carbocycles. The van der Waals surface area contributed by atoms with Crippen molar-refractivity contribution in [1.82, 2.24) is 20.1 Å². The van der Waals surface area contributed by atoms with Crippen LogP contribution in [0.1, 0.15) is 13.3 Å². The molecule has 10 heteroatoms. The number of carbonyl (C=O) groups excluding carboxylic acids is 1. The van der Waals surface area contributed by atoms with Crippen LogP contribution in [0.2, 0.25) is 0 Å². The van der Waals surface area contributed by atoms with Crippen LogP contribution in [0.15, 0.2) is 29.4 Å². The molecule has 0 radical (unpaired) electrons. The SMILES string of the molecule is CCn1c(SCC(=O)N[C@H]2CCS(=O)(=O)C2)nnc1-c1ccc(OC)cc1. The average molecular weight is 411 g/mol. The van der Waals surface area contributed by atoms with Gasteiger partial charge in [-0.3, -0.25) is 4.79 Å². The Morgan fingerprint density at radius 1 is 1.33 bits per heavy atom. The van der Waals surface area contributed by atoms with Crippen molar-refractivity contribution in [3.8, 4) is 17.1 Å². The smallest absolute Gasteiger partial charge is 0.230 e. The number of hydrogen-bond donors (Lipinski definition) is 1. The molecule has 8 nitrogen and oxygen atoms in total. The highest BCUT2D eigenvalue weighted by molar-refractivity contribution is 7.99. The number of thioether (sulfide) groups is 1. The number of hydrogen-bond acceptors (Lipinski definition) is 7. The number of nitrogens with one attached hydrogen (secondary N) is 1. The van der Waals surface area contributed by atoms with E-state index in [2.05, 4.69) is 15.5 Å². The first kappa shape index (κ1) is 19.7. The number of sulfone groups is 1. The molecule has 2 aromatic rings. The largest absolute Gasteiger partial charge is 0.497 e. The predicted molar refractivity (Wildman–Crippen MR) is 104 cm³/mol. The van der Waals surface area contributed by atoms with Gasteiger partial charge in [0.2, 0.25) is 5.91 Å². The summed E-state index contributed by atoms with van der Waals surface area (Å²) in [7, 11) is -1.39. The van der Waals surface area contributed by atoms with Crippen molar-refractivity contribution in [2.75, 3.05) is 24.4 Å². The van der Waals surface area contributed by atoms with Crippen molar-refractivity contribution in [2.45, 2.75) is 31.1 Å². The van der Waals surface area contributed by atoms with Crippen LogP contribution in [-0.4, -0.2) is 59.5 Å². The van der Waals surface area contributed by atoms with Gasteiger partial charge in [0.05, 0.1) is 24.4 Å². The maximum atomic E-state index is 12.1. The van der Waals surface area contributed by atoms with Crippen molar-refractivity contribution >= 4 is 27.5 Å². The lowest BCUT2D eigenvalue weighted by Gasteiger charge is -2.11. The van der Waals surface area contributed by atoms with Crippen LogP contribution in [0.25, 0.3) is 11.4 Å². The number of carbonyl (C=O) groups is 1. The molecular weight excluding hydrogens is 388 g/mol. The van der Waals surface area contributed by atoms with Crippen molar-refractivity contribution in [2.24, 2.45) is 0 Å². The maximum absolute atomic E-state index is 12.1. The van der Waals surface area contributed by atoms with Crippen LogP contribution in [0.3, 0.4) is 0 Å². The van der Waals surface area contributed by atoms with Gasteiger partial charge >= 0.3 is 0 Å². The van der Waals surface area contributed by atoms with E-state index in [1.807, 2.05) is 35.8 Å². The summed E-state index contributed by atoms with van der Waals surface area (Å²) in [5.74, 6) is 1.62. The second kappa shape index (κ2) is 8.30. The molecule has 3 rings (SSSR count). The highest BCUT2D eigenvalue weighted by atomic mass is 32.2. The van der Waals surface area contributed by atoms with Gasteiger partial charge in [-0.2, -0.15) is 0 Å². The predicted octanol–water partition coefficient (Wildman–Crippen LogP) is 1.37. The zero-order valence-corrected chi connectivity index (χ0v) is 16.8. The van der Waals surface area contributed by atoms with Crippen LogP contribution in [0, 0.1) is 0 Å². The highest BCUT2D eigenvalue weighted by Crippen LogP contribution is 2.25. The lowest BCUT2D eigenvalue weighted by atomic mass is 10.2. The Bertz CT molecular complexity index is 910. The van der Waals surface area contributed by atoms with E-state index in [1.54, 1.807) is 7.11 Å². The second-order valence-electron chi connectivity index (χ2n) is 6.24. The highest BCUT2D eigenvalue weighted by Gasteiger charge is 2.29. The molecule has 1 aromatic heterocycles. The fourth-order valence-electron chi connectivity index (χ4n) is 2.94. The third-order valence-electron chi connectivity index (χ3n) is 4.31. The fraction of sp³-hybridized carbons (Fsp3) is 0.471. The summed E-state index contributed by atoms with van der Waals surface area (Å²) in [6.07, 6.45) is 0.478. The minimum atomic E-state index is -3.01. The molecule has 1 aliphatic heterocycles. The Kier molecular flexibility index (Phi) is 6.05. The minimum Gasteiger partial charge on any atom is -0.497 e. The first-order valence-corrected chi connectivity index (χ1v) is 11.4. The lowest BCUT2D eigenvalue weighted by Crippen LogP contribution is -2.36. The Hall–Kier alpha value is -2.07. The van der Waals surface area contributed by atoms with Gasteiger partial charge in [0.1, 0.15) is 5.75 Å². The number of aromatic nitrogens is 3. The van der Waals surface area contributed by atoms with Gasteiger partial charge in [0.25, 0.3) is 0 Å². The number of amides is 1. The quantitative estimate of drug-likeness (QED) is 0.688. The molecular formula is C17H22N4O4S2. The molecule has 1 amide bonds. The van der Waals surface area contributed by atoms with E-state index in [0.717, 1.165) is 17.1 Å². The van der Waals surface area contributed by atoms with Gasteiger partial charge in [0, 0.05) is 18.2 Å².